The van der Waals surface area contributed by atoms with Crippen LogP contribution in [0.15, 0.2) is 4.90 Å². The van der Waals surface area contributed by atoms with Crippen LogP contribution in [0.3, 0.4) is 0 Å². The first-order valence-electron chi connectivity index (χ1n) is 18.8. The molecular formula is C38H69IO4S. The van der Waals surface area contributed by atoms with Gasteiger partial charge in [0.15, 0.2) is 21.2 Å². The zero-order valence-corrected chi connectivity index (χ0v) is 32.2. The average molecular weight is 749 g/mol. The van der Waals surface area contributed by atoms with Gasteiger partial charge in [0.05, 0.1) is 3.57 Å². The highest BCUT2D eigenvalue weighted by molar-refractivity contribution is 14.1. The second-order valence-electron chi connectivity index (χ2n) is 13.2. The minimum atomic E-state index is -4.48. The lowest BCUT2D eigenvalue weighted by Crippen LogP contribution is -2.16. The second kappa shape index (κ2) is 26.7. The fraction of sp³-hybridized carbons (Fsp3) is 0.842. The van der Waals surface area contributed by atoms with E-state index in [-0.39, 0.29) is 4.90 Å². The number of hydrogen-bond acceptors (Lipinski definition) is 3. The van der Waals surface area contributed by atoms with Crippen LogP contribution >= 0.6 is 21.2 Å². The summed E-state index contributed by atoms with van der Waals surface area (Å²) in [7, 11) is -4.48. The van der Waals surface area contributed by atoms with Crippen LogP contribution in [0.5, 0.6) is 0 Å². The molecule has 0 aliphatic carbocycles. The molecule has 1 aromatic carbocycles. The molecule has 6 heteroatoms. The molecule has 0 spiro atoms. The van der Waals surface area contributed by atoms with Crippen LogP contribution in [0.2, 0.25) is 0 Å². The van der Waals surface area contributed by atoms with Gasteiger partial charge < -0.3 is 0 Å². The van der Waals surface area contributed by atoms with Gasteiger partial charge in [-0.05, 0) is 73.6 Å². The van der Waals surface area contributed by atoms with E-state index < -0.39 is 31.3 Å². The zero-order valence-electron chi connectivity index (χ0n) is 29.3. The molecule has 0 unspecified atom stereocenters. The van der Waals surface area contributed by atoms with E-state index in [4.69, 9.17) is 0 Å². The summed E-state index contributed by atoms with van der Waals surface area (Å²) < 4.78 is 50.4. The van der Waals surface area contributed by atoms with Gasteiger partial charge in [-0.25, -0.2) is 0 Å². The molecule has 258 valence electrons. The summed E-state index contributed by atoms with van der Waals surface area (Å²) in [5.74, 6) is 0. The highest BCUT2D eigenvalue weighted by atomic mass is 127. The Labute approximate surface area is 284 Å². The quantitative estimate of drug-likeness (QED) is 0.0483. The maximum Gasteiger partial charge on any atom is 0.295 e. The van der Waals surface area contributed by atoms with Crippen molar-refractivity contribution < 1.29 is 16.0 Å². The molecule has 4 nitrogen and oxygen atoms in total. The number of benzene rings is 1. The zero-order chi connectivity index (χ0) is 32.5. The number of hydrogen-bond donors (Lipinski definition) is 1. The Bertz CT molecular complexity index is 989. The molecule has 1 aromatic rings. The third-order valence-corrected chi connectivity index (χ3v) is 12.3. The van der Waals surface area contributed by atoms with Gasteiger partial charge in [-0.1, -0.05) is 156 Å². The standard InChI is InChI=1S/C38H69IO4S/c1-5-9-13-17-21-25-29-33-34(30-26-22-18-14-10-6-2)36(32-28-24-20-16-12-8-4)38(44(41,42)43)37(39-40)35(33)31-27-23-19-15-11-7-3/h5-32H2,1-4H3,(H,41,42,43). The van der Waals surface area contributed by atoms with Gasteiger partial charge in [-0.3, -0.25) is 7.62 Å². The van der Waals surface area contributed by atoms with Gasteiger partial charge >= 0.3 is 0 Å². The molecule has 0 radical (unpaired) electrons. The normalized spacial score (nSPS) is 11.9. The maximum absolute atomic E-state index is 13.1. The Morgan fingerprint density at radius 3 is 1.02 bits per heavy atom. The minimum absolute atomic E-state index is 0.0440. The maximum atomic E-state index is 13.1. The summed E-state index contributed by atoms with van der Waals surface area (Å²) in [5.41, 5.74) is 4.34. The van der Waals surface area contributed by atoms with Crippen LogP contribution in [-0.4, -0.2) is 13.0 Å². The van der Waals surface area contributed by atoms with Crippen molar-refractivity contribution in [1.82, 2.24) is 0 Å². The lowest BCUT2D eigenvalue weighted by molar-refractivity contribution is 0.480. The molecule has 0 fully saturated rings. The first kappa shape index (κ1) is 41.7. The molecule has 44 heavy (non-hydrogen) atoms. The van der Waals surface area contributed by atoms with E-state index >= 15 is 0 Å². The third kappa shape index (κ3) is 17.0. The van der Waals surface area contributed by atoms with Crippen molar-refractivity contribution in [2.45, 2.75) is 212 Å². The first-order chi connectivity index (χ1) is 21.4. The Balaban J connectivity index is 3.55. The molecule has 0 aliphatic rings. The summed E-state index contributed by atoms with van der Waals surface area (Å²) in [6, 6.07) is 0. The smallest absolute Gasteiger partial charge is 0.282 e. The highest BCUT2D eigenvalue weighted by Crippen LogP contribution is 2.38. The molecule has 0 heterocycles. The summed E-state index contributed by atoms with van der Waals surface area (Å²) in [4.78, 5) is 0.0440. The van der Waals surface area contributed by atoms with Crippen molar-refractivity contribution in [3.05, 3.63) is 25.8 Å². The van der Waals surface area contributed by atoms with Crippen LogP contribution in [0, 0.1) is 3.57 Å². The van der Waals surface area contributed by atoms with Crippen molar-refractivity contribution in [3.8, 4) is 0 Å². The molecule has 1 N–H and O–H groups in total. The van der Waals surface area contributed by atoms with Crippen molar-refractivity contribution in [2.24, 2.45) is 0 Å². The largest absolute Gasteiger partial charge is 0.295 e. The minimum Gasteiger partial charge on any atom is -0.282 e. The Hall–Kier alpha value is -0.340. The fourth-order valence-electron chi connectivity index (χ4n) is 6.71. The predicted molar refractivity (Wildman–Crippen MR) is 198 cm³/mol. The lowest BCUT2D eigenvalue weighted by Gasteiger charge is -2.24. The van der Waals surface area contributed by atoms with Crippen LogP contribution in [0.1, 0.15) is 204 Å². The summed E-state index contributed by atoms with van der Waals surface area (Å²) in [6.07, 6.45) is 31.5. The van der Waals surface area contributed by atoms with Gasteiger partial charge in [0, 0.05) is 0 Å². The Morgan fingerprint density at radius 1 is 0.432 bits per heavy atom. The van der Waals surface area contributed by atoms with Crippen molar-refractivity contribution in [1.29, 1.82) is 0 Å². The van der Waals surface area contributed by atoms with E-state index in [2.05, 4.69) is 27.7 Å². The van der Waals surface area contributed by atoms with Gasteiger partial charge in [-0.15, -0.1) is 0 Å². The van der Waals surface area contributed by atoms with Gasteiger partial charge in [-0.2, -0.15) is 8.42 Å². The van der Waals surface area contributed by atoms with E-state index in [0.29, 0.717) is 9.99 Å². The number of unbranched alkanes of at least 4 members (excludes halogenated alkanes) is 20. The molecule has 0 atom stereocenters. The molecule has 1 rings (SSSR count). The van der Waals surface area contributed by atoms with Gasteiger partial charge in [0.1, 0.15) is 4.90 Å². The van der Waals surface area contributed by atoms with Gasteiger partial charge in [0.2, 0.25) is 0 Å². The van der Waals surface area contributed by atoms with Gasteiger partial charge in [0.25, 0.3) is 10.1 Å². The molecule has 0 aliphatic heterocycles. The average Bonchev–Trinajstić information content (AvgIpc) is 3.00. The summed E-state index contributed by atoms with van der Waals surface area (Å²) >= 11 is -1.75. The van der Waals surface area contributed by atoms with Crippen LogP contribution in [-0.2, 0) is 38.9 Å². The second-order valence-corrected chi connectivity index (χ2v) is 16.1. The fourth-order valence-corrected chi connectivity index (χ4v) is 10.0. The third-order valence-electron chi connectivity index (χ3n) is 9.29. The molecule has 0 aromatic heterocycles. The van der Waals surface area contributed by atoms with E-state index in [9.17, 15) is 16.0 Å². The van der Waals surface area contributed by atoms with E-state index in [0.717, 1.165) is 81.8 Å². The SMILES string of the molecule is CCCCCCCCc1c(CCCCCCCC)c(CCCCCCCC)c(S(=O)(=O)O)c(I=O)c1CCCCCCCC. The molecule has 0 saturated heterocycles. The lowest BCUT2D eigenvalue weighted by atomic mass is 9.85. The van der Waals surface area contributed by atoms with E-state index in [1.807, 2.05) is 0 Å². The monoisotopic (exact) mass is 748 g/mol. The Kier molecular flexibility index (Phi) is 25.3. The number of halogens is 1. The topological polar surface area (TPSA) is 71.4 Å². The summed E-state index contributed by atoms with van der Waals surface area (Å²) in [5, 5.41) is 0. The highest BCUT2D eigenvalue weighted by Gasteiger charge is 2.29. The van der Waals surface area contributed by atoms with Crippen molar-refractivity contribution in [2.75, 3.05) is 0 Å². The Morgan fingerprint density at radius 2 is 0.705 bits per heavy atom. The van der Waals surface area contributed by atoms with Crippen LogP contribution in [0.25, 0.3) is 0 Å². The van der Waals surface area contributed by atoms with E-state index in [1.165, 1.54) is 114 Å². The molecular weight excluding hydrogens is 679 g/mol. The molecule has 0 bridgehead atoms. The van der Waals surface area contributed by atoms with Crippen LogP contribution < -0.4 is 0 Å². The first-order valence-corrected chi connectivity index (χ1v) is 22.2. The molecule has 0 amide bonds. The number of rotatable bonds is 30. The van der Waals surface area contributed by atoms with Crippen molar-refractivity contribution in [3.63, 3.8) is 0 Å². The van der Waals surface area contributed by atoms with Crippen molar-refractivity contribution >= 4 is 31.3 Å². The molecule has 0 saturated carbocycles. The summed E-state index contributed by atoms with van der Waals surface area (Å²) in [6.45, 7) is 8.94. The van der Waals surface area contributed by atoms with E-state index in [1.54, 1.807) is 0 Å². The van der Waals surface area contributed by atoms with Crippen LogP contribution in [0.4, 0.5) is 0 Å². The predicted octanol–water partition coefficient (Wildman–Crippen LogP) is 13.0.